The summed E-state index contributed by atoms with van der Waals surface area (Å²) in [5, 5.41) is 4.91. The summed E-state index contributed by atoms with van der Waals surface area (Å²) in [4.78, 5) is 19.1. The fourth-order valence-electron chi connectivity index (χ4n) is 2.20. The number of urea groups is 1. The summed E-state index contributed by atoms with van der Waals surface area (Å²) in [6, 6.07) is 11.2. The molecule has 3 N–H and O–H groups in total. The number of rotatable bonds is 3. The second-order valence-corrected chi connectivity index (χ2v) is 5.09. The van der Waals surface area contributed by atoms with Gasteiger partial charge in [0.1, 0.15) is 5.82 Å². The van der Waals surface area contributed by atoms with E-state index in [0.717, 1.165) is 23.2 Å². The predicted octanol–water partition coefficient (Wildman–Crippen LogP) is 3.90. The molecule has 0 aliphatic rings. The molecule has 5 nitrogen and oxygen atoms in total. The van der Waals surface area contributed by atoms with E-state index in [9.17, 15) is 18.0 Å². The molecule has 0 saturated heterocycles. The number of benzene rings is 2. The Labute approximate surface area is 134 Å². The standard InChI is InChI=1S/C16H13F3N4O/c17-16(18,19)10-4-3-5-11(8-10)21-15(24)20-9-14-22-12-6-1-2-7-13(12)23-14/h1-8H,9H2,(H,22,23)(H2,20,21,24). The summed E-state index contributed by atoms with van der Waals surface area (Å²) in [5.74, 6) is 0.551. The normalized spacial score (nSPS) is 11.5. The number of carbonyl (C=O) groups is 1. The van der Waals surface area contributed by atoms with Crippen LogP contribution < -0.4 is 10.6 Å². The van der Waals surface area contributed by atoms with Gasteiger partial charge in [-0.05, 0) is 30.3 Å². The molecule has 1 heterocycles. The highest BCUT2D eigenvalue weighted by Crippen LogP contribution is 2.30. The molecule has 0 bridgehead atoms. The van der Waals surface area contributed by atoms with Crippen LogP contribution in [0.25, 0.3) is 11.0 Å². The zero-order valence-corrected chi connectivity index (χ0v) is 12.3. The zero-order chi connectivity index (χ0) is 17.2. The number of fused-ring (bicyclic) bond motifs is 1. The summed E-state index contributed by atoms with van der Waals surface area (Å²) in [6.07, 6.45) is -4.46. The van der Waals surface area contributed by atoms with Crippen molar-refractivity contribution in [1.82, 2.24) is 15.3 Å². The Morgan fingerprint density at radius 3 is 2.67 bits per heavy atom. The van der Waals surface area contributed by atoms with Gasteiger partial charge in [0.15, 0.2) is 0 Å². The van der Waals surface area contributed by atoms with Crippen molar-refractivity contribution in [3.63, 3.8) is 0 Å². The number of nitrogens with one attached hydrogen (secondary N) is 3. The van der Waals surface area contributed by atoms with E-state index in [1.54, 1.807) is 0 Å². The van der Waals surface area contributed by atoms with Gasteiger partial charge in [0.2, 0.25) is 0 Å². The molecule has 124 valence electrons. The van der Waals surface area contributed by atoms with Gasteiger partial charge in [0.25, 0.3) is 0 Å². The van der Waals surface area contributed by atoms with Gasteiger partial charge in [0, 0.05) is 5.69 Å². The van der Waals surface area contributed by atoms with Gasteiger partial charge in [-0.15, -0.1) is 0 Å². The van der Waals surface area contributed by atoms with Crippen molar-refractivity contribution >= 4 is 22.8 Å². The van der Waals surface area contributed by atoms with Gasteiger partial charge in [-0.1, -0.05) is 18.2 Å². The molecule has 0 fully saturated rings. The number of halogens is 3. The molecule has 1 aromatic heterocycles. The minimum absolute atomic E-state index is 0.0620. The second kappa shape index (κ2) is 6.23. The molecule has 0 radical (unpaired) electrons. The lowest BCUT2D eigenvalue weighted by Gasteiger charge is -2.10. The highest BCUT2D eigenvalue weighted by atomic mass is 19.4. The third-order valence-electron chi connectivity index (χ3n) is 3.30. The summed E-state index contributed by atoms with van der Waals surface area (Å²) in [6.45, 7) is 0.124. The number of imidazole rings is 1. The van der Waals surface area contributed by atoms with E-state index in [1.165, 1.54) is 12.1 Å². The average molecular weight is 334 g/mol. The number of hydrogen-bond donors (Lipinski definition) is 3. The number of alkyl halides is 3. The first-order valence-electron chi connectivity index (χ1n) is 7.07. The minimum Gasteiger partial charge on any atom is -0.340 e. The quantitative estimate of drug-likeness (QED) is 0.680. The van der Waals surface area contributed by atoms with Crippen LogP contribution in [0.4, 0.5) is 23.7 Å². The summed E-state index contributed by atoms with van der Waals surface area (Å²) < 4.78 is 37.9. The van der Waals surface area contributed by atoms with Crippen molar-refractivity contribution in [2.75, 3.05) is 5.32 Å². The number of nitrogens with zero attached hydrogens (tertiary/aromatic N) is 1. The minimum atomic E-state index is -4.46. The number of aromatic nitrogens is 2. The number of amides is 2. The average Bonchev–Trinajstić information content (AvgIpc) is 2.95. The van der Waals surface area contributed by atoms with Crippen molar-refractivity contribution in [2.24, 2.45) is 0 Å². The van der Waals surface area contributed by atoms with Crippen LogP contribution in [-0.4, -0.2) is 16.0 Å². The number of carbonyl (C=O) groups excluding carboxylic acids is 1. The molecule has 0 aliphatic heterocycles. The topological polar surface area (TPSA) is 69.8 Å². The van der Waals surface area contributed by atoms with Crippen LogP contribution in [0.5, 0.6) is 0 Å². The van der Waals surface area contributed by atoms with Crippen LogP contribution in [-0.2, 0) is 12.7 Å². The molecule has 0 spiro atoms. The van der Waals surface area contributed by atoms with Gasteiger partial charge in [-0.25, -0.2) is 9.78 Å². The number of aromatic amines is 1. The van der Waals surface area contributed by atoms with Crippen molar-refractivity contribution in [3.05, 3.63) is 59.9 Å². The first kappa shape index (κ1) is 15.9. The first-order valence-corrected chi connectivity index (χ1v) is 7.07. The van der Waals surface area contributed by atoms with Crippen molar-refractivity contribution in [2.45, 2.75) is 12.7 Å². The molecule has 3 aromatic rings. The SMILES string of the molecule is O=C(NCc1nc2ccccc2[nH]1)Nc1cccc(C(F)(F)F)c1. The van der Waals surface area contributed by atoms with Gasteiger partial charge < -0.3 is 15.6 Å². The molecule has 24 heavy (non-hydrogen) atoms. The number of hydrogen-bond acceptors (Lipinski definition) is 2. The maximum absolute atomic E-state index is 12.6. The molecular weight excluding hydrogens is 321 g/mol. The van der Waals surface area contributed by atoms with Crippen LogP contribution in [0, 0.1) is 0 Å². The van der Waals surface area contributed by atoms with Crippen LogP contribution >= 0.6 is 0 Å². The third-order valence-corrected chi connectivity index (χ3v) is 3.30. The third kappa shape index (κ3) is 3.65. The summed E-state index contributed by atoms with van der Waals surface area (Å²) in [7, 11) is 0. The second-order valence-electron chi connectivity index (χ2n) is 5.09. The van der Waals surface area contributed by atoms with Crippen LogP contribution in [0.15, 0.2) is 48.5 Å². The Kier molecular flexibility index (Phi) is 4.11. The Hall–Kier alpha value is -3.03. The molecule has 3 rings (SSSR count). The van der Waals surface area contributed by atoms with Crippen molar-refractivity contribution in [1.29, 1.82) is 0 Å². The molecular formula is C16H13F3N4O. The smallest absolute Gasteiger partial charge is 0.340 e. The molecule has 0 atom stereocenters. The first-order chi connectivity index (χ1) is 11.4. The van der Waals surface area contributed by atoms with E-state index in [4.69, 9.17) is 0 Å². The highest BCUT2D eigenvalue weighted by molar-refractivity contribution is 5.89. The summed E-state index contributed by atoms with van der Waals surface area (Å²) >= 11 is 0. The molecule has 0 unspecified atom stereocenters. The Morgan fingerprint density at radius 1 is 1.12 bits per heavy atom. The van der Waals surface area contributed by atoms with Crippen molar-refractivity contribution in [3.8, 4) is 0 Å². The number of H-pyrrole nitrogens is 1. The summed E-state index contributed by atoms with van der Waals surface area (Å²) in [5.41, 5.74) is 0.852. The number of para-hydroxylation sites is 2. The lowest BCUT2D eigenvalue weighted by Crippen LogP contribution is -2.28. The van der Waals surface area contributed by atoms with E-state index in [-0.39, 0.29) is 12.2 Å². The Morgan fingerprint density at radius 2 is 1.92 bits per heavy atom. The Bertz CT molecular complexity index is 840. The highest BCUT2D eigenvalue weighted by Gasteiger charge is 2.30. The van der Waals surface area contributed by atoms with Crippen molar-refractivity contribution < 1.29 is 18.0 Å². The predicted molar refractivity (Wildman–Crippen MR) is 83.4 cm³/mol. The van der Waals surface area contributed by atoms with Gasteiger partial charge in [-0.3, -0.25) is 0 Å². The molecule has 2 amide bonds. The lowest BCUT2D eigenvalue weighted by atomic mass is 10.2. The zero-order valence-electron chi connectivity index (χ0n) is 12.3. The van der Waals surface area contributed by atoms with Gasteiger partial charge in [0.05, 0.1) is 23.1 Å². The monoisotopic (exact) mass is 334 g/mol. The maximum Gasteiger partial charge on any atom is 0.416 e. The van der Waals surface area contributed by atoms with Gasteiger partial charge >= 0.3 is 12.2 Å². The van der Waals surface area contributed by atoms with E-state index in [1.807, 2.05) is 24.3 Å². The Balaban J connectivity index is 1.61. The van der Waals surface area contributed by atoms with E-state index >= 15 is 0 Å². The fraction of sp³-hybridized carbons (Fsp3) is 0.125. The fourth-order valence-corrected chi connectivity index (χ4v) is 2.20. The largest absolute Gasteiger partial charge is 0.416 e. The maximum atomic E-state index is 12.6. The molecule has 0 aliphatic carbocycles. The van der Waals surface area contributed by atoms with Crippen LogP contribution in [0.2, 0.25) is 0 Å². The molecule has 2 aromatic carbocycles. The van der Waals surface area contributed by atoms with E-state index < -0.39 is 17.8 Å². The van der Waals surface area contributed by atoms with E-state index in [0.29, 0.717) is 5.82 Å². The van der Waals surface area contributed by atoms with Gasteiger partial charge in [-0.2, -0.15) is 13.2 Å². The van der Waals surface area contributed by atoms with Crippen LogP contribution in [0.1, 0.15) is 11.4 Å². The lowest BCUT2D eigenvalue weighted by molar-refractivity contribution is -0.137. The number of anilines is 1. The van der Waals surface area contributed by atoms with Crippen LogP contribution in [0.3, 0.4) is 0 Å². The molecule has 8 heteroatoms. The molecule has 0 saturated carbocycles. The van der Waals surface area contributed by atoms with E-state index in [2.05, 4.69) is 20.6 Å².